The van der Waals surface area contributed by atoms with Crippen molar-refractivity contribution in [1.82, 2.24) is 15.0 Å². The third-order valence-corrected chi connectivity index (χ3v) is 1.64. The van der Waals surface area contributed by atoms with Crippen molar-refractivity contribution < 1.29 is 0 Å². The molecule has 0 bridgehead atoms. The number of nitrogens with two attached hydrogens (primary N) is 2. The van der Waals surface area contributed by atoms with Gasteiger partial charge in [0.15, 0.2) is 5.17 Å². The van der Waals surface area contributed by atoms with Gasteiger partial charge in [0.1, 0.15) is 0 Å². The highest BCUT2D eigenvalue weighted by atomic mass is 32.2. The fourth-order valence-corrected chi connectivity index (χ4v) is 1.10. The lowest BCUT2D eigenvalue weighted by atomic mass is 10.9. The van der Waals surface area contributed by atoms with Crippen molar-refractivity contribution in [3.63, 3.8) is 0 Å². The number of hydrogen-bond donors (Lipinski definition) is 4. The van der Waals surface area contributed by atoms with Crippen LogP contribution in [0.1, 0.15) is 0 Å². The smallest absolute Gasteiger partial charge is 0.228 e. The first-order chi connectivity index (χ1) is 6.11. The lowest BCUT2D eigenvalue weighted by molar-refractivity contribution is 0.924. The van der Waals surface area contributed by atoms with Gasteiger partial charge in [0.05, 0.1) is 0 Å². The van der Waals surface area contributed by atoms with Crippen LogP contribution in [0.15, 0.2) is 5.16 Å². The molecule has 0 atom stereocenters. The Bertz CT molecular complexity index is 325. The first kappa shape index (κ1) is 9.52. The zero-order valence-electron chi connectivity index (χ0n) is 6.90. The maximum atomic E-state index is 7.01. The summed E-state index contributed by atoms with van der Waals surface area (Å²) in [7, 11) is 1.66. The molecule has 8 heteroatoms. The Morgan fingerprint density at radius 2 is 2.15 bits per heavy atom. The van der Waals surface area contributed by atoms with Crippen molar-refractivity contribution in [2.75, 3.05) is 18.1 Å². The molecule has 0 radical (unpaired) electrons. The van der Waals surface area contributed by atoms with Gasteiger partial charge in [-0.05, 0) is 11.8 Å². The van der Waals surface area contributed by atoms with Crippen LogP contribution in [0.2, 0.25) is 0 Å². The Labute approximate surface area is 78.9 Å². The van der Waals surface area contributed by atoms with Gasteiger partial charge >= 0.3 is 0 Å². The molecule has 0 saturated heterocycles. The molecule has 0 saturated carbocycles. The van der Waals surface area contributed by atoms with E-state index in [-0.39, 0.29) is 11.1 Å². The molecule has 1 aromatic rings. The zero-order valence-corrected chi connectivity index (χ0v) is 7.72. The van der Waals surface area contributed by atoms with Crippen LogP contribution in [0, 0.1) is 5.41 Å². The fraction of sp³-hybridized carbons (Fsp3) is 0.200. The number of hydrogen-bond acceptors (Lipinski definition) is 7. The van der Waals surface area contributed by atoms with Crippen LogP contribution < -0.4 is 16.8 Å². The number of anilines is 2. The minimum atomic E-state index is -0.0901. The molecule has 0 fully saturated rings. The number of thioether (sulfide) groups is 1. The standard InChI is InChI=1S/C5H9N7S/c1-9-4-10-3(8)11-5(12-4)13-2(6)7/h1H3,(H3,6,7)(H3,8,9,10,11,12). The Morgan fingerprint density at radius 3 is 2.69 bits per heavy atom. The molecule has 1 heterocycles. The van der Waals surface area contributed by atoms with Crippen molar-refractivity contribution in [1.29, 1.82) is 5.41 Å². The van der Waals surface area contributed by atoms with Gasteiger partial charge in [0.25, 0.3) is 0 Å². The Morgan fingerprint density at radius 1 is 1.46 bits per heavy atom. The van der Waals surface area contributed by atoms with Crippen molar-refractivity contribution >= 4 is 28.8 Å². The minimum Gasteiger partial charge on any atom is -0.378 e. The Balaban J connectivity index is 2.94. The average Bonchev–Trinajstić information content (AvgIpc) is 2.01. The molecule has 1 rings (SSSR count). The van der Waals surface area contributed by atoms with Gasteiger partial charge in [-0.1, -0.05) is 0 Å². The number of nitrogens with one attached hydrogen (secondary N) is 2. The van der Waals surface area contributed by atoms with Gasteiger partial charge in [-0.15, -0.1) is 0 Å². The second-order valence-electron chi connectivity index (χ2n) is 2.02. The van der Waals surface area contributed by atoms with Crippen LogP contribution in [0.25, 0.3) is 0 Å². The number of nitrogen functional groups attached to an aromatic ring is 1. The van der Waals surface area contributed by atoms with Crippen LogP contribution >= 0.6 is 11.8 Å². The lowest BCUT2D eigenvalue weighted by Gasteiger charge is -2.01. The molecule has 0 aliphatic carbocycles. The molecule has 0 aromatic carbocycles. The molecule has 0 aliphatic rings. The third kappa shape index (κ3) is 2.75. The van der Waals surface area contributed by atoms with Gasteiger partial charge in [0, 0.05) is 7.05 Å². The van der Waals surface area contributed by atoms with E-state index >= 15 is 0 Å². The number of nitrogens with zero attached hydrogens (tertiary/aromatic N) is 3. The molecule has 7 nitrogen and oxygen atoms in total. The monoisotopic (exact) mass is 199 g/mol. The second-order valence-corrected chi connectivity index (χ2v) is 3.03. The van der Waals surface area contributed by atoms with E-state index < -0.39 is 0 Å². The number of aromatic nitrogens is 3. The summed E-state index contributed by atoms with van der Waals surface area (Å²) >= 11 is 0.921. The number of rotatable bonds is 2. The van der Waals surface area contributed by atoms with E-state index in [1.807, 2.05) is 0 Å². The van der Waals surface area contributed by atoms with Crippen LogP contribution in [0.4, 0.5) is 11.9 Å². The summed E-state index contributed by atoms with van der Waals surface area (Å²) in [6.07, 6.45) is 0. The average molecular weight is 199 g/mol. The van der Waals surface area contributed by atoms with Crippen molar-refractivity contribution in [3.05, 3.63) is 0 Å². The third-order valence-electron chi connectivity index (χ3n) is 1.06. The van der Waals surface area contributed by atoms with Crippen LogP contribution in [0.5, 0.6) is 0 Å². The second kappa shape index (κ2) is 3.90. The molecule has 0 amide bonds. The first-order valence-electron chi connectivity index (χ1n) is 3.33. The van der Waals surface area contributed by atoms with E-state index in [0.29, 0.717) is 11.1 Å². The van der Waals surface area contributed by atoms with E-state index in [0.717, 1.165) is 11.8 Å². The van der Waals surface area contributed by atoms with Gasteiger partial charge in [-0.3, -0.25) is 5.41 Å². The van der Waals surface area contributed by atoms with Gasteiger partial charge in [-0.2, -0.15) is 15.0 Å². The summed E-state index contributed by atoms with van der Waals surface area (Å²) in [4.78, 5) is 11.5. The molecular formula is C5H9N7S. The Kier molecular flexibility index (Phi) is 2.85. The first-order valence-corrected chi connectivity index (χ1v) is 4.14. The predicted octanol–water partition coefficient (Wildman–Crippen LogP) is -0.519. The van der Waals surface area contributed by atoms with E-state index in [1.54, 1.807) is 7.05 Å². The topological polar surface area (TPSA) is 127 Å². The van der Waals surface area contributed by atoms with E-state index in [4.69, 9.17) is 16.9 Å². The highest BCUT2D eigenvalue weighted by Gasteiger charge is 2.04. The van der Waals surface area contributed by atoms with Gasteiger partial charge < -0.3 is 16.8 Å². The molecule has 13 heavy (non-hydrogen) atoms. The molecule has 1 aromatic heterocycles. The minimum absolute atomic E-state index is 0.0901. The summed E-state index contributed by atoms with van der Waals surface area (Å²) in [5.41, 5.74) is 10.5. The summed E-state index contributed by atoms with van der Waals surface area (Å²) < 4.78 is 0. The van der Waals surface area contributed by atoms with Crippen molar-refractivity contribution in [2.24, 2.45) is 5.73 Å². The van der Waals surface area contributed by atoms with Crippen LogP contribution in [0.3, 0.4) is 0 Å². The quantitative estimate of drug-likeness (QED) is 0.287. The highest BCUT2D eigenvalue weighted by Crippen LogP contribution is 2.13. The molecule has 0 unspecified atom stereocenters. The molecular weight excluding hydrogens is 190 g/mol. The molecule has 0 aliphatic heterocycles. The molecule has 70 valence electrons. The summed E-state index contributed by atoms with van der Waals surface area (Å²) in [5.74, 6) is 0.458. The fourth-order valence-electron chi connectivity index (χ4n) is 0.628. The zero-order chi connectivity index (χ0) is 9.84. The maximum absolute atomic E-state index is 7.01. The van der Waals surface area contributed by atoms with Crippen molar-refractivity contribution in [3.8, 4) is 0 Å². The van der Waals surface area contributed by atoms with E-state index in [1.165, 1.54) is 0 Å². The lowest BCUT2D eigenvalue weighted by Crippen LogP contribution is -2.08. The maximum Gasteiger partial charge on any atom is 0.228 e. The van der Waals surface area contributed by atoms with Crippen LogP contribution in [-0.2, 0) is 0 Å². The summed E-state index contributed by atoms with van der Waals surface area (Å²) in [6.45, 7) is 0. The predicted molar refractivity (Wildman–Crippen MR) is 51.6 cm³/mol. The van der Waals surface area contributed by atoms with Gasteiger partial charge in [0.2, 0.25) is 17.1 Å². The number of amidine groups is 1. The van der Waals surface area contributed by atoms with E-state index in [2.05, 4.69) is 20.3 Å². The van der Waals surface area contributed by atoms with Crippen molar-refractivity contribution in [2.45, 2.75) is 5.16 Å². The van der Waals surface area contributed by atoms with Crippen LogP contribution in [-0.4, -0.2) is 27.2 Å². The Hall–Kier alpha value is -1.57. The SMILES string of the molecule is CNc1nc(N)nc(SC(=N)N)n1. The van der Waals surface area contributed by atoms with Gasteiger partial charge in [-0.25, -0.2) is 0 Å². The summed E-state index contributed by atoms with van der Waals surface area (Å²) in [5, 5.41) is 9.94. The highest BCUT2D eigenvalue weighted by molar-refractivity contribution is 8.13. The largest absolute Gasteiger partial charge is 0.378 e. The summed E-state index contributed by atoms with van der Waals surface area (Å²) in [6, 6.07) is 0. The molecule has 0 spiro atoms. The normalized spacial score (nSPS) is 9.62. The molecule has 6 N–H and O–H groups in total. The van der Waals surface area contributed by atoms with E-state index in [9.17, 15) is 0 Å².